The van der Waals surface area contributed by atoms with Crippen molar-refractivity contribution in [1.29, 1.82) is 0 Å². The maximum Gasteiger partial charge on any atom is 0.334 e. The Kier molecular flexibility index (Phi) is 5.04. The predicted molar refractivity (Wildman–Crippen MR) is 91.2 cm³/mol. The van der Waals surface area contributed by atoms with E-state index in [1.54, 1.807) is 43.4 Å². The second-order valence-electron chi connectivity index (χ2n) is 5.81. The summed E-state index contributed by atoms with van der Waals surface area (Å²) >= 11 is 0. The van der Waals surface area contributed by atoms with Gasteiger partial charge in [-0.15, -0.1) is 0 Å². The highest BCUT2D eigenvalue weighted by Crippen LogP contribution is 2.23. The predicted octanol–water partition coefficient (Wildman–Crippen LogP) is 1.48. The summed E-state index contributed by atoms with van der Waals surface area (Å²) in [5, 5.41) is 9.10. The number of ether oxygens (including phenoxy) is 1. The molecule has 0 bridgehead atoms. The van der Waals surface area contributed by atoms with E-state index < -0.39 is 12.1 Å². The Hall–Kier alpha value is -3.13. The van der Waals surface area contributed by atoms with E-state index in [1.807, 2.05) is 0 Å². The first-order valence-corrected chi connectivity index (χ1v) is 8.03. The van der Waals surface area contributed by atoms with Gasteiger partial charge >= 0.3 is 5.97 Å². The number of carbonyl (C=O) groups excluding carboxylic acids is 2. The number of furan rings is 1. The van der Waals surface area contributed by atoms with Crippen LogP contribution in [-0.2, 0) is 9.53 Å². The summed E-state index contributed by atoms with van der Waals surface area (Å²) in [6, 6.07) is 9.83. The number of amides is 2. The van der Waals surface area contributed by atoms with Gasteiger partial charge in [-0.1, -0.05) is 12.1 Å². The Morgan fingerprint density at radius 1 is 1.19 bits per heavy atom. The molecule has 2 amide bonds. The minimum absolute atomic E-state index is 0.0433. The van der Waals surface area contributed by atoms with Gasteiger partial charge in [-0.2, -0.15) is 0 Å². The molecule has 0 spiro atoms. The van der Waals surface area contributed by atoms with Gasteiger partial charge in [0.15, 0.2) is 11.9 Å². The van der Waals surface area contributed by atoms with Crippen LogP contribution in [0.25, 0.3) is 0 Å². The number of hydrogen-bond donors (Lipinski definition) is 1. The van der Waals surface area contributed by atoms with Crippen LogP contribution in [0.15, 0.2) is 47.1 Å². The fourth-order valence-electron chi connectivity index (χ4n) is 2.78. The van der Waals surface area contributed by atoms with Gasteiger partial charge in [-0.05, 0) is 24.3 Å². The van der Waals surface area contributed by atoms with Crippen molar-refractivity contribution < 1.29 is 28.6 Å². The molecule has 1 saturated heterocycles. The van der Waals surface area contributed by atoms with Crippen LogP contribution in [0.2, 0.25) is 0 Å². The van der Waals surface area contributed by atoms with E-state index in [0.717, 1.165) is 0 Å². The Bertz CT molecular complexity index is 817. The van der Waals surface area contributed by atoms with Gasteiger partial charge < -0.3 is 24.1 Å². The molecule has 1 unspecified atom stereocenters. The second-order valence-corrected chi connectivity index (χ2v) is 5.81. The second kappa shape index (κ2) is 7.40. The molecule has 3 rings (SSSR count). The molecule has 1 N–H and O–H groups in total. The Morgan fingerprint density at radius 3 is 2.65 bits per heavy atom. The highest BCUT2D eigenvalue weighted by Gasteiger charge is 2.31. The number of hydrogen-bond acceptors (Lipinski definition) is 5. The number of rotatable bonds is 4. The number of anilines is 1. The smallest absolute Gasteiger partial charge is 0.334 e. The molecule has 1 fully saturated rings. The van der Waals surface area contributed by atoms with E-state index in [4.69, 9.17) is 14.3 Å². The third-order valence-electron chi connectivity index (χ3n) is 4.16. The third kappa shape index (κ3) is 3.45. The van der Waals surface area contributed by atoms with Gasteiger partial charge in [0.05, 0.1) is 30.7 Å². The zero-order valence-corrected chi connectivity index (χ0v) is 14.1. The molecule has 2 heterocycles. The van der Waals surface area contributed by atoms with Gasteiger partial charge in [0.25, 0.3) is 11.8 Å². The topological polar surface area (TPSA) is 100 Å². The summed E-state index contributed by atoms with van der Waals surface area (Å²) in [6.07, 6.45) is 0.347. The van der Waals surface area contributed by atoms with E-state index in [9.17, 15) is 14.4 Å². The van der Waals surface area contributed by atoms with E-state index in [1.165, 1.54) is 16.1 Å². The van der Waals surface area contributed by atoms with Crippen molar-refractivity contribution in [2.75, 3.05) is 31.6 Å². The van der Waals surface area contributed by atoms with Crippen LogP contribution in [0.5, 0.6) is 0 Å². The van der Waals surface area contributed by atoms with E-state index in [2.05, 4.69) is 0 Å². The molecule has 136 valence electrons. The number of benzene rings is 1. The molecule has 1 aromatic heterocycles. The summed E-state index contributed by atoms with van der Waals surface area (Å²) in [7, 11) is 1.55. The molecule has 0 radical (unpaired) electrons. The van der Waals surface area contributed by atoms with Crippen LogP contribution in [0.3, 0.4) is 0 Å². The summed E-state index contributed by atoms with van der Waals surface area (Å²) in [5.74, 6) is -1.69. The monoisotopic (exact) mass is 358 g/mol. The summed E-state index contributed by atoms with van der Waals surface area (Å²) < 4.78 is 10.3. The minimum Gasteiger partial charge on any atom is -0.479 e. The number of morpholine rings is 1. The van der Waals surface area contributed by atoms with Gasteiger partial charge in [0.1, 0.15) is 0 Å². The maximum atomic E-state index is 12.9. The molecule has 0 aliphatic carbocycles. The molecular weight excluding hydrogens is 340 g/mol. The maximum absolute atomic E-state index is 12.9. The lowest BCUT2D eigenvalue weighted by Crippen LogP contribution is -2.48. The van der Waals surface area contributed by atoms with Crippen molar-refractivity contribution in [2.24, 2.45) is 0 Å². The number of carboxylic acids is 1. The molecule has 1 aliphatic heterocycles. The van der Waals surface area contributed by atoms with Crippen LogP contribution in [-0.4, -0.2) is 60.6 Å². The first-order chi connectivity index (χ1) is 12.5. The molecule has 1 aliphatic rings. The first kappa shape index (κ1) is 17.7. The lowest BCUT2D eigenvalue weighted by molar-refractivity contribution is -0.154. The molecule has 8 nitrogen and oxygen atoms in total. The fourth-order valence-corrected chi connectivity index (χ4v) is 2.78. The highest BCUT2D eigenvalue weighted by molar-refractivity contribution is 6.09. The van der Waals surface area contributed by atoms with Crippen molar-refractivity contribution in [3.63, 3.8) is 0 Å². The average molecular weight is 358 g/mol. The van der Waals surface area contributed by atoms with E-state index in [0.29, 0.717) is 11.3 Å². The molecule has 1 atom stereocenters. The van der Waals surface area contributed by atoms with Crippen molar-refractivity contribution in [3.05, 3.63) is 54.0 Å². The van der Waals surface area contributed by atoms with Crippen LogP contribution in [0.4, 0.5) is 5.69 Å². The van der Waals surface area contributed by atoms with Gasteiger partial charge in [-0.25, -0.2) is 4.79 Å². The zero-order valence-electron chi connectivity index (χ0n) is 14.1. The average Bonchev–Trinajstić information content (AvgIpc) is 3.21. The van der Waals surface area contributed by atoms with Crippen molar-refractivity contribution in [3.8, 4) is 0 Å². The van der Waals surface area contributed by atoms with Gasteiger partial charge in [-0.3, -0.25) is 9.59 Å². The largest absolute Gasteiger partial charge is 0.479 e. The summed E-state index contributed by atoms with van der Waals surface area (Å²) in [5.41, 5.74) is 0.721. The molecule has 8 heteroatoms. The Balaban J connectivity index is 1.85. The summed E-state index contributed by atoms with van der Waals surface area (Å²) in [4.78, 5) is 39.3. The van der Waals surface area contributed by atoms with E-state index >= 15 is 0 Å². The Labute approximate surface area is 149 Å². The van der Waals surface area contributed by atoms with Crippen LogP contribution in [0.1, 0.15) is 20.9 Å². The number of carboxylic acid groups (broad SMARTS) is 1. The molecule has 26 heavy (non-hydrogen) atoms. The Morgan fingerprint density at radius 2 is 1.96 bits per heavy atom. The van der Waals surface area contributed by atoms with Crippen molar-refractivity contribution >= 4 is 23.5 Å². The van der Waals surface area contributed by atoms with Gasteiger partial charge in [0, 0.05) is 13.6 Å². The van der Waals surface area contributed by atoms with Crippen molar-refractivity contribution in [1.82, 2.24) is 4.90 Å². The SMILES string of the molecule is CN(C(=O)c1ccco1)c1ccccc1C(=O)N1CCOC(C(=O)O)C1. The number of para-hydroxylation sites is 1. The van der Waals surface area contributed by atoms with Crippen LogP contribution in [0, 0.1) is 0 Å². The molecule has 0 saturated carbocycles. The number of nitrogens with zero attached hydrogens (tertiary/aromatic N) is 2. The van der Waals surface area contributed by atoms with E-state index in [-0.39, 0.29) is 37.3 Å². The quantitative estimate of drug-likeness (QED) is 0.889. The standard InChI is InChI=1S/C18H18N2O6/c1-19(17(22)14-7-4-9-25-14)13-6-3-2-5-12(13)16(21)20-8-10-26-15(11-20)18(23)24/h2-7,9,15H,8,10-11H2,1H3,(H,23,24). The molecule has 1 aromatic carbocycles. The van der Waals surface area contributed by atoms with Crippen LogP contribution < -0.4 is 4.90 Å². The van der Waals surface area contributed by atoms with Crippen LogP contribution >= 0.6 is 0 Å². The van der Waals surface area contributed by atoms with Gasteiger partial charge in [0.2, 0.25) is 0 Å². The summed E-state index contributed by atoms with van der Waals surface area (Å²) in [6.45, 7) is 0.386. The van der Waals surface area contributed by atoms with Crippen molar-refractivity contribution in [2.45, 2.75) is 6.10 Å². The fraction of sp³-hybridized carbons (Fsp3) is 0.278. The normalized spacial score (nSPS) is 17.0. The lowest BCUT2D eigenvalue weighted by Gasteiger charge is -2.32. The lowest BCUT2D eigenvalue weighted by atomic mass is 10.1. The first-order valence-electron chi connectivity index (χ1n) is 8.03. The molecule has 2 aromatic rings. The minimum atomic E-state index is -1.11. The highest BCUT2D eigenvalue weighted by atomic mass is 16.5. The number of carbonyl (C=O) groups is 3. The number of aliphatic carboxylic acids is 1. The third-order valence-corrected chi connectivity index (χ3v) is 4.16. The molecular formula is C18H18N2O6. The zero-order chi connectivity index (χ0) is 18.7.